The van der Waals surface area contributed by atoms with Crippen molar-refractivity contribution >= 4 is 23.2 Å². The number of rotatable bonds is 9. The molecular formula is C31H40ClN3O2. The SMILES string of the molecule is O=C(NC(Cc1ccc(OC2CC2)c(Cl)c1)CN1CCCC1)C1CCN(c2ccc3c(c2)CCCC3)C1. The fraction of sp³-hybridized carbons (Fsp3) is 0.581. The number of benzene rings is 2. The number of hydrogen-bond acceptors (Lipinski definition) is 4. The molecule has 6 rings (SSSR count). The molecule has 6 heteroatoms. The van der Waals surface area contributed by atoms with Gasteiger partial charge in [0.25, 0.3) is 0 Å². The number of likely N-dealkylation sites (tertiary alicyclic amines) is 1. The lowest BCUT2D eigenvalue weighted by Gasteiger charge is -2.26. The second kappa shape index (κ2) is 11.2. The highest BCUT2D eigenvalue weighted by molar-refractivity contribution is 6.32. The Morgan fingerprint density at radius 1 is 0.973 bits per heavy atom. The van der Waals surface area contributed by atoms with E-state index in [1.807, 2.05) is 12.1 Å². The molecule has 4 aliphatic rings. The minimum Gasteiger partial charge on any atom is -0.489 e. The summed E-state index contributed by atoms with van der Waals surface area (Å²) >= 11 is 6.55. The monoisotopic (exact) mass is 521 g/mol. The zero-order valence-electron chi connectivity index (χ0n) is 21.9. The molecule has 2 atom stereocenters. The zero-order valence-corrected chi connectivity index (χ0v) is 22.6. The summed E-state index contributed by atoms with van der Waals surface area (Å²) in [6.45, 7) is 4.89. The molecule has 1 saturated carbocycles. The fourth-order valence-electron chi connectivity index (χ4n) is 6.30. The Morgan fingerprint density at radius 3 is 2.57 bits per heavy atom. The predicted octanol–water partition coefficient (Wildman–Crippen LogP) is 5.41. The largest absolute Gasteiger partial charge is 0.489 e. The van der Waals surface area contributed by atoms with E-state index in [0.717, 1.165) is 69.7 Å². The fourth-order valence-corrected chi connectivity index (χ4v) is 6.55. The summed E-state index contributed by atoms with van der Waals surface area (Å²) in [5, 5.41) is 4.12. The van der Waals surface area contributed by atoms with Gasteiger partial charge in [-0.15, -0.1) is 0 Å². The van der Waals surface area contributed by atoms with Gasteiger partial charge in [-0.3, -0.25) is 4.79 Å². The zero-order chi connectivity index (χ0) is 25.2. The number of anilines is 1. The maximum absolute atomic E-state index is 13.5. The highest BCUT2D eigenvalue weighted by Gasteiger charge is 2.31. The molecule has 2 aromatic rings. The molecule has 0 bridgehead atoms. The number of ether oxygens (including phenoxy) is 1. The number of halogens is 1. The lowest BCUT2D eigenvalue weighted by molar-refractivity contribution is -0.125. The molecule has 2 heterocycles. The van der Waals surface area contributed by atoms with Gasteiger partial charge in [-0.2, -0.15) is 0 Å². The number of nitrogens with one attached hydrogen (secondary N) is 1. The van der Waals surface area contributed by atoms with E-state index in [-0.39, 0.29) is 17.9 Å². The summed E-state index contributed by atoms with van der Waals surface area (Å²) in [6.07, 6.45) is 11.8. The number of amides is 1. The van der Waals surface area contributed by atoms with E-state index in [9.17, 15) is 4.79 Å². The van der Waals surface area contributed by atoms with Gasteiger partial charge in [-0.25, -0.2) is 0 Å². The van der Waals surface area contributed by atoms with Crippen LogP contribution in [0.15, 0.2) is 36.4 Å². The molecule has 3 fully saturated rings. The molecule has 198 valence electrons. The van der Waals surface area contributed by atoms with Crippen LogP contribution in [-0.2, 0) is 24.1 Å². The Morgan fingerprint density at radius 2 is 1.78 bits per heavy atom. The molecule has 2 aliphatic heterocycles. The van der Waals surface area contributed by atoms with Crippen molar-refractivity contribution in [2.24, 2.45) is 5.92 Å². The second-order valence-electron chi connectivity index (χ2n) is 11.6. The second-order valence-corrected chi connectivity index (χ2v) is 12.0. The number of hydrogen-bond donors (Lipinski definition) is 1. The average Bonchev–Trinajstić information content (AvgIpc) is 3.34. The minimum absolute atomic E-state index is 0.0371. The van der Waals surface area contributed by atoms with E-state index in [0.29, 0.717) is 11.1 Å². The first-order valence-corrected chi connectivity index (χ1v) is 14.8. The first kappa shape index (κ1) is 25.1. The third-order valence-corrected chi connectivity index (χ3v) is 8.87. The number of carbonyl (C=O) groups is 1. The van der Waals surface area contributed by atoms with Crippen LogP contribution in [0.1, 0.15) is 61.6 Å². The van der Waals surface area contributed by atoms with Gasteiger partial charge in [0.1, 0.15) is 5.75 Å². The Hall–Kier alpha value is -2.24. The topological polar surface area (TPSA) is 44.8 Å². The van der Waals surface area contributed by atoms with Crippen molar-refractivity contribution in [3.05, 3.63) is 58.1 Å². The van der Waals surface area contributed by atoms with Crippen LogP contribution >= 0.6 is 11.6 Å². The van der Waals surface area contributed by atoms with Crippen LogP contribution in [-0.4, -0.2) is 55.7 Å². The van der Waals surface area contributed by atoms with E-state index >= 15 is 0 Å². The third kappa shape index (κ3) is 6.26. The molecule has 2 unspecified atom stereocenters. The van der Waals surface area contributed by atoms with Gasteiger partial charge >= 0.3 is 0 Å². The molecule has 0 spiro atoms. The maximum Gasteiger partial charge on any atom is 0.225 e. The summed E-state index contributed by atoms with van der Waals surface area (Å²) in [7, 11) is 0. The lowest BCUT2D eigenvalue weighted by atomic mass is 9.91. The van der Waals surface area contributed by atoms with Gasteiger partial charge in [0, 0.05) is 31.4 Å². The minimum atomic E-state index is 0.0371. The number of aryl methyl sites for hydroxylation is 2. The van der Waals surface area contributed by atoms with Crippen molar-refractivity contribution in [2.75, 3.05) is 37.6 Å². The van der Waals surface area contributed by atoms with Crippen LogP contribution in [0.2, 0.25) is 5.02 Å². The summed E-state index contributed by atoms with van der Waals surface area (Å²) in [5.74, 6) is 1.01. The van der Waals surface area contributed by atoms with Crippen LogP contribution < -0.4 is 15.0 Å². The first-order chi connectivity index (χ1) is 18.1. The van der Waals surface area contributed by atoms with Crippen LogP contribution in [0.25, 0.3) is 0 Å². The van der Waals surface area contributed by atoms with Crippen molar-refractivity contribution in [1.82, 2.24) is 10.2 Å². The van der Waals surface area contributed by atoms with Gasteiger partial charge in [0.2, 0.25) is 5.91 Å². The third-order valence-electron chi connectivity index (χ3n) is 8.58. The summed E-state index contributed by atoms with van der Waals surface area (Å²) in [6, 6.07) is 13.2. The maximum atomic E-state index is 13.5. The molecule has 2 saturated heterocycles. The molecule has 0 radical (unpaired) electrons. The highest BCUT2D eigenvalue weighted by Crippen LogP contribution is 2.33. The smallest absolute Gasteiger partial charge is 0.225 e. The Bertz CT molecular complexity index is 1110. The summed E-state index contributed by atoms with van der Waals surface area (Å²) in [4.78, 5) is 18.4. The molecular weight excluding hydrogens is 482 g/mol. The number of fused-ring (bicyclic) bond motifs is 1. The molecule has 2 aliphatic carbocycles. The standard InChI is InChI=1S/C31H40ClN3O2/c32-29-18-22(7-12-30(29)37-28-10-11-28)17-26(21-34-14-3-4-15-34)33-31(36)25-13-16-35(20-25)27-9-8-23-5-1-2-6-24(23)19-27/h7-9,12,18-19,25-26,28H,1-6,10-11,13-17,20-21H2,(H,33,36). The number of nitrogens with zero attached hydrogens (tertiary/aromatic N) is 2. The van der Waals surface area contributed by atoms with Crippen LogP contribution in [0.5, 0.6) is 5.75 Å². The Kier molecular flexibility index (Phi) is 7.62. The van der Waals surface area contributed by atoms with E-state index in [1.54, 1.807) is 0 Å². The van der Waals surface area contributed by atoms with E-state index < -0.39 is 0 Å². The van der Waals surface area contributed by atoms with Crippen molar-refractivity contribution in [3.63, 3.8) is 0 Å². The highest BCUT2D eigenvalue weighted by atomic mass is 35.5. The molecule has 5 nitrogen and oxygen atoms in total. The molecule has 37 heavy (non-hydrogen) atoms. The van der Waals surface area contributed by atoms with Crippen LogP contribution in [0.4, 0.5) is 5.69 Å². The lowest BCUT2D eigenvalue weighted by Crippen LogP contribution is -2.46. The normalized spacial score (nSPS) is 22.6. The van der Waals surface area contributed by atoms with Gasteiger partial charge in [-0.05, 0) is 118 Å². The van der Waals surface area contributed by atoms with Gasteiger partial charge in [0.05, 0.1) is 17.0 Å². The van der Waals surface area contributed by atoms with Gasteiger partial charge < -0.3 is 19.9 Å². The van der Waals surface area contributed by atoms with E-state index in [1.165, 1.54) is 55.3 Å². The van der Waals surface area contributed by atoms with Crippen molar-refractivity contribution in [3.8, 4) is 5.75 Å². The van der Waals surface area contributed by atoms with Crippen molar-refractivity contribution in [1.29, 1.82) is 0 Å². The quantitative estimate of drug-likeness (QED) is 0.479. The molecule has 0 aromatic heterocycles. The average molecular weight is 522 g/mol. The molecule has 1 N–H and O–H groups in total. The first-order valence-electron chi connectivity index (χ1n) is 14.5. The van der Waals surface area contributed by atoms with Crippen LogP contribution in [0.3, 0.4) is 0 Å². The van der Waals surface area contributed by atoms with Gasteiger partial charge in [-0.1, -0.05) is 23.7 Å². The van der Waals surface area contributed by atoms with Crippen molar-refractivity contribution < 1.29 is 9.53 Å². The van der Waals surface area contributed by atoms with E-state index in [2.05, 4.69) is 39.4 Å². The molecule has 2 aromatic carbocycles. The molecule has 1 amide bonds. The summed E-state index contributed by atoms with van der Waals surface area (Å²) in [5.41, 5.74) is 5.46. The Labute approximate surface area is 226 Å². The van der Waals surface area contributed by atoms with Crippen molar-refractivity contribution in [2.45, 2.75) is 76.4 Å². The Balaban J connectivity index is 1.09. The van der Waals surface area contributed by atoms with Gasteiger partial charge in [0.15, 0.2) is 0 Å². The van der Waals surface area contributed by atoms with Crippen LogP contribution in [0, 0.1) is 5.92 Å². The van der Waals surface area contributed by atoms with E-state index in [4.69, 9.17) is 16.3 Å². The predicted molar refractivity (Wildman–Crippen MR) is 150 cm³/mol. The number of carbonyl (C=O) groups excluding carboxylic acids is 1. The summed E-state index contributed by atoms with van der Waals surface area (Å²) < 4.78 is 5.92.